The molecule has 0 radical (unpaired) electrons. The summed E-state index contributed by atoms with van der Waals surface area (Å²) in [5.74, 6) is -2.47. The number of imide groups is 1. The van der Waals surface area contributed by atoms with E-state index in [-0.39, 0.29) is 29.6 Å². The Kier molecular flexibility index (Phi) is 4.51. The van der Waals surface area contributed by atoms with E-state index >= 15 is 0 Å². The van der Waals surface area contributed by atoms with Gasteiger partial charge in [-0.25, -0.2) is 0 Å². The fourth-order valence-electron chi connectivity index (χ4n) is 4.02. The van der Waals surface area contributed by atoms with Gasteiger partial charge in [0.1, 0.15) is 6.54 Å². The molecule has 2 atom stereocenters. The lowest BCUT2D eigenvalue weighted by Gasteiger charge is -2.18. The number of carbonyl (C=O) groups excluding carboxylic acids is 4. The van der Waals surface area contributed by atoms with Crippen molar-refractivity contribution < 1.29 is 23.9 Å². The maximum atomic E-state index is 12.4. The van der Waals surface area contributed by atoms with Gasteiger partial charge in [0.15, 0.2) is 6.61 Å². The predicted molar refractivity (Wildman–Crippen MR) is 95.5 cm³/mol. The van der Waals surface area contributed by atoms with Crippen molar-refractivity contribution in [2.45, 2.75) is 19.3 Å². The van der Waals surface area contributed by atoms with Crippen molar-refractivity contribution in [1.29, 1.82) is 0 Å². The summed E-state index contributed by atoms with van der Waals surface area (Å²) >= 11 is 0. The number of esters is 1. The molecular weight excluding hydrogens is 348 g/mol. The van der Waals surface area contributed by atoms with E-state index in [1.165, 1.54) is 0 Å². The van der Waals surface area contributed by atoms with E-state index in [2.05, 4.69) is 0 Å². The summed E-state index contributed by atoms with van der Waals surface area (Å²) in [5, 5.41) is 0. The number of likely N-dealkylation sites (tertiary alicyclic amines) is 1. The molecule has 0 spiro atoms. The topological polar surface area (TPSA) is 84.0 Å². The van der Waals surface area contributed by atoms with E-state index in [1.807, 2.05) is 36.4 Å². The molecule has 1 fully saturated rings. The quantitative estimate of drug-likeness (QED) is 0.451. The summed E-state index contributed by atoms with van der Waals surface area (Å²) in [6.07, 6.45) is 5.59. The van der Waals surface area contributed by atoms with Crippen LogP contribution in [0, 0.1) is 11.8 Å². The molecule has 1 saturated heterocycles. The standard InChI is InChI=1S/C20H20N2O5/c23-17(21-10-9-13-5-1-4-8-16(13)21)12-27-18(24)11-22-19(25)14-6-2-3-7-15(14)20(22)26/h1-5,8,14-15H,6-7,9-12H2/t14-,15-/m0/s1. The third kappa shape index (κ3) is 3.13. The fourth-order valence-corrected chi connectivity index (χ4v) is 4.02. The highest BCUT2D eigenvalue weighted by molar-refractivity contribution is 6.07. The molecule has 1 aromatic carbocycles. The molecule has 3 aliphatic rings. The van der Waals surface area contributed by atoms with Gasteiger partial charge in [-0.15, -0.1) is 0 Å². The number of amides is 3. The lowest BCUT2D eigenvalue weighted by atomic mass is 9.85. The van der Waals surface area contributed by atoms with Crippen LogP contribution < -0.4 is 4.90 Å². The number of anilines is 1. The van der Waals surface area contributed by atoms with Crippen LogP contribution in [0.4, 0.5) is 5.69 Å². The zero-order valence-corrected chi connectivity index (χ0v) is 14.8. The van der Waals surface area contributed by atoms with Crippen molar-refractivity contribution in [2.75, 3.05) is 24.6 Å². The van der Waals surface area contributed by atoms with Crippen molar-refractivity contribution in [3.05, 3.63) is 42.0 Å². The third-order valence-corrected chi connectivity index (χ3v) is 5.43. The van der Waals surface area contributed by atoms with Crippen LogP contribution in [0.3, 0.4) is 0 Å². The molecule has 3 amide bonds. The zero-order valence-electron chi connectivity index (χ0n) is 14.8. The lowest BCUT2D eigenvalue weighted by Crippen LogP contribution is -2.38. The molecule has 0 N–H and O–H groups in total. The van der Waals surface area contributed by atoms with Crippen molar-refractivity contribution in [3.8, 4) is 0 Å². The van der Waals surface area contributed by atoms with Gasteiger partial charge in [-0.2, -0.15) is 0 Å². The van der Waals surface area contributed by atoms with Crippen LogP contribution in [0.2, 0.25) is 0 Å². The molecule has 0 bridgehead atoms. The number of hydrogen-bond donors (Lipinski definition) is 0. The fraction of sp³-hybridized carbons (Fsp3) is 0.400. The number of hydrogen-bond acceptors (Lipinski definition) is 5. The number of benzene rings is 1. The van der Waals surface area contributed by atoms with Gasteiger partial charge in [0.2, 0.25) is 11.8 Å². The third-order valence-electron chi connectivity index (χ3n) is 5.43. The predicted octanol–water partition coefficient (Wildman–Crippen LogP) is 1.07. The lowest BCUT2D eigenvalue weighted by molar-refractivity contribution is -0.154. The number of nitrogens with zero attached hydrogens (tertiary/aromatic N) is 2. The van der Waals surface area contributed by atoms with E-state index in [9.17, 15) is 19.2 Å². The van der Waals surface area contributed by atoms with Gasteiger partial charge in [0, 0.05) is 12.2 Å². The van der Waals surface area contributed by atoms with Gasteiger partial charge in [-0.1, -0.05) is 30.4 Å². The second kappa shape index (κ2) is 6.98. The highest BCUT2D eigenvalue weighted by atomic mass is 16.5. The van der Waals surface area contributed by atoms with Crippen molar-refractivity contribution in [1.82, 2.24) is 4.90 Å². The van der Waals surface area contributed by atoms with Gasteiger partial charge in [-0.05, 0) is 30.9 Å². The van der Waals surface area contributed by atoms with Crippen LogP contribution in [0.5, 0.6) is 0 Å². The SMILES string of the molecule is O=C(CN1C(=O)[C@H]2CC=CC[C@@H]2C1=O)OCC(=O)N1CCc2ccccc21. The Morgan fingerprint density at radius 2 is 1.70 bits per heavy atom. The van der Waals surface area contributed by atoms with Gasteiger partial charge in [0.05, 0.1) is 11.8 Å². The van der Waals surface area contributed by atoms with Crippen molar-refractivity contribution in [2.24, 2.45) is 11.8 Å². The highest BCUT2D eigenvalue weighted by Crippen LogP contribution is 2.34. The summed E-state index contributed by atoms with van der Waals surface area (Å²) in [6, 6.07) is 7.60. The molecular formula is C20H20N2O5. The Bertz CT molecular complexity index is 821. The van der Waals surface area contributed by atoms with Crippen LogP contribution in [0.1, 0.15) is 18.4 Å². The summed E-state index contributed by atoms with van der Waals surface area (Å²) in [6.45, 7) is -0.290. The van der Waals surface area contributed by atoms with Gasteiger partial charge >= 0.3 is 5.97 Å². The largest absolute Gasteiger partial charge is 0.454 e. The molecule has 7 nitrogen and oxygen atoms in total. The van der Waals surface area contributed by atoms with Crippen LogP contribution in [-0.2, 0) is 30.3 Å². The van der Waals surface area contributed by atoms with Crippen LogP contribution >= 0.6 is 0 Å². The molecule has 140 valence electrons. The van der Waals surface area contributed by atoms with Crippen LogP contribution in [0.15, 0.2) is 36.4 Å². The Hall–Kier alpha value is -2.96. The minimum atomic E-state index is -0.746. The van der Waals surface area contributed by atoms with E-state index in [1.54, 1.807) is 4.90 Å². The molecule has 27 heavy (non-hydrogen) atoms. The number of rotatable bonds is 4. The van der Waals surface area contributed by atoms with E-state index < -0.39 is 19.1 Å². The first kappa shape index (κ1) is 17.5. The average Bonchev–Trinajstić information content (AvgIpc) is 3.22. The number of para-hydroxylation sites is 1. The summed E-state index contributed by atoms with van der Waals surface area (Å²) in [5.41, 5.74) is 1.92. The number of fused-ring (bicyclic) bond motifs is 2. The first-order valence-corrected chi connectivity index (χ1v) is 9.10. The number of carbonyl (C=O) groups is 4. The molecule has 1 aromatic rings. The zero-order chi connectivity index (χ0) is 19.0. The second-order valence-corrected chi connectivity index (χ2v) is 7.00. The van der Waals surface area contributed by atoms with Crippen molar-refractivity contribution in [3.63, 3.8) is 0 Å². The molecule has 4 rings (SSSR count). The van der Waals surface area contributed by atoms with Crippen LogP contribution in [0.25, 0.3) is 0 Å². The van der Waals surface area contributed by atoms with E-state index in [0.29, 0.717) is 19.4 Å². The molecule has 0 aromatic heterocycles. The molecule has 1 aliphatic carbocycles. The minimum absolute atomic E-state index is 0.315. The number of ether oxygens (including phenoxy) is 1. The molecule has 2 aliphatic heterocycles. The summed E-state index contributed by atoms with van der Waals surface area (Å²) in [7, 11) is 0. The Morgan fingerprint density at radius 3 is 2.41 bits per heavy atom. The molecule has 2 heterocycles. The number of allylic oxidation sites excluding steroid dienone is 2. The van der Waals surface area contributed by atoms with E-state index in [0.717, 1.165) is 22.6 Å². The normalized spacial score (nSPS) is 23.4. The minimum Gasteiger partial charge on any atom is -0.454 e. The first-order chi connectivity index (χ1) is 13.1. The second-order valence-electron chi connectivity index (χ2n) is 7.00. The average molecular weight is 368 g/mol. The van der Waals surface area contributed by atoms with Gasteiger partial charge < -0.3 is 9.64 Å². The molecule has 0 saturated carbocycles. The maximum absolute atomic E-state index is 12.4. The van der Waals surface area contributed by atoms with Crippen molar-refractivity contribution >= 4 is 29.4 Å². The Balaban J connectivity index is 1.32. The van der Waals surface area contributed by atoms with Gasteiger partial charge in [0.25, 0.3) is 5.91 Å². The van der Waals surface area contributed by atoms with E-state index in [4.69, 9.17) is 4.74 Å². The monoisotopic (exact) mass is 368 g/mol. The Labute approximate surface area is 156 Å². The van der Waals surface area contributed by atoms with Crippen LogP contribution in [-0.4, -0.2) is 48.3 Å². The first-order valence-electron chi connectivity index (χ1n) is 9.10. The smallest absolute Gasteiger partial charge is 0.326 e. The van der Waals surface area contributed by atoms with Gasteiger partial charge in [-0.3, -0.25) is 24.1 Å². The highest BCUT2D eigenvalue weighted by Gasteiger charge is 2.47. The Morgan fingerprint density at radius 1 is 1.04 bits per heavy atom. The summed E-state index contributed by atoms with van der Waals surface area (Å²) < 4.78 is 5.05. The summed E-state index contributed by atoms with van der Waals surface area (Å²) in [4.78, 5) is 51.8. The molecule has 7 heteroatoms. The maximum Gasteiger partial charge on any atom is 0.326 e. The molecule has 0 unspecified atom stereocenters.